The Balaban J connectivity index is 0.00000144. The zero-order chi connectivity index (χ0) is 11.5. The van der Waals surface area contributed by atoms with Gasteiger partial charge < -0.3 is 10.6 Å². The van der Waals surface area contributed by atoms with Gasteiger partial charge in [0.05, 0.1) is 6.04 Å². The Morgan fingerprint density at radius 3 is 2.94 bits per heavy atom. The number of carbonyl (C=O) groups excluding carboxylic acids is 1. The summed E-state index contributed by atoms with van der Waals surface area (Å²) in [6, 6.07) is 5.45. The molecular formula is C12H16Cl2N2O. The van der Waals surface area contributed by atoms with Crippen LogP contribution in [0.2, 0.25) is 5.02 Å². The molecular weight excluding hydrogens is 259 g/mol. The quantitative estimate of drug-likeness (QED) is 0.871. The van der Waals surface area contributed by atoms with Gasteiger partial charge in [-0.1, -0.05) is 17.7 Å². The highest BCUT2D eigenvalue weighted by molar-refractivity contribution is 6.31. The third-order valence-corrected chi connectivity index (χ3v) is 3.07. The van der Waals surface area contributed by atoms with Gasteiger partial charge in [-0.3, -0.25) is 4.79 Å². The summed E-state index contributed by atoms with van der Waals surface area (Å²) in [6.45, 7) is 2.88. The number of nitrogens with one attached hydrogen (secondary N) is 2. The molecule has 0 aliphatic carbocycles. The van der Waals surface area contributed by atoms with Gasteiger partial charge in [-0.25, -0.2) is 0 Å². The molecule has 1 aliphatic rings. The van der Waals surface area contributed by atoms with E-state index in [4.69, 9.17) is 11.6 Å². The zero-order valence-electron chi connectivity index (χ0n) is 9.63. The first-order valence-corrected chi connectivity index (χ1v) is 5.85. The number of hydrogen-bond acceptors (Lipinski definition) is 2. The standard InChI is InChI=1S/C12H15ClN2O.ClH/c1-8-4-5-9(13)7-11(8)15-12(16)10-3-2-6-14-10;/h4-5,7,10,14H,2-3,6H2,1H3,(H,15,16);1H. The molecule has 1 atom stereocenters. The van der Waals surface area contributed by atoms with Gasteiger partial charge in [0.15, 0.2) is 0 Å². The molecule has 0 spiro atoms. The molecule has 17 heavy (non-hydrogen) atoms. The van der Waals surface area contributed by atoms with E-state index in [0.717, 1.165) is 30.6 Å². The zero-order valence-corrected chi connectivity index (χ0v) is 11.2. The van der Waals surface area contributed by atoms with E-state index in [2.05, 4.69) is 10.6 Å². The molecule has 2 N–H and O–H groups in total. The molecule has 1 heterocycles. The molecule has 1 unspecified atom stereocenters. The summed E-state index contributed by atoms with van der Waals surface area (Å²) >= 11 is 5.89. The van der Waals surface area contributed by atoms with E-state index in [1.54, 1.807) is 6.07 Å². The van der Waals surface area contributed by atoms with Crippen molar-refractivity contribution < 1.29 is 4.79 Å². The lowest BCUT2D eigenvalue weighted by atomic mass is 10.1. The second kappa shape index (κ2) is 6.24. The molecule has 1 saturated heterocycles. The molecule has 1 fully saturated rings. The van der Waals surface area contributed by atoms with Crippen LogP contribution in [0.15, 0.2) is 18.2 Å². The van der Waals surface area contributed by atoms with Crippen LogP contribution in [0.5, 0.6) is 0 Å². The van der Waals surface area contributed by atoms with Crippen LogP contribution in [0.25, 0.3) is 0 Å². The monoisotopic (exact) mass is 274 g/mol. The van der Waals surface area contributed by atoms with Crippen LogP contribution < -0.4 is 10.6 Å². The molecule has 0 saturated carbocycles. The van der Waals surface area contributed by atoms with E-state index in [1.165, 1.54) is 0 Å². The Bertz CT molecular complexity index is 403. The summed E-state index contributed by atoms with van der Waals surface area (Å²) in [5.74, 6) is 0.0304. The van der Waals surface area contributed by atoms with Gasteiger partial charge in [0.25, 0.3) is 0 Å². The third kappa shape index (κ3) is 3.60. The number of aryl methyl sites for hydroxylation is 1. The van der Waals surface area contributed by atoms with E-state index >= 15 is 0 Å². The van der Waals surface area contributed by atoms with Gasteiger partial charge >= 0.3 is 0 Å². The van der Waals surface area contributed by atoms with Crippen molar-refractivity contribution in [1.82, 2.24) is 5.32 Å². The topological polar surface area (TPSA) is 41.1 Å². The molecule has 2 rings (SSSR count). The molecule has 1 aromatic carbocycles. The Hall–Kier alpha value is -0.770. The van der Waals surface area contributed by atoms with Crippen molar-refractivity contribution in [3.63, 3.8) is 0 Å². The van der Waals surface area contributed by atoms with E-state index in [1.807, 2.05) is 19.1 Å². The van der Waals surface area contributed by atoms with Gasteiger partial charge in [0.1, 0.15) is 0 Å². The fourth-order valence-corrected chi connectivity index (χ4v) is 2.03. The predicted molar refractivity (Wildman–Crippen MR) is 73.1 cm³/mol. The Morgan fingerprint density at radius 2 is 2.29 bits per heavy atom. The molecule has 1 aromatic rings. The molecule has 5 heteroatoms. The maximum atomic E-state index is 11.9. The Labute approximate surface area is 112 Å². The van der Waals surface area contributed by atoms with Crippen LogP contribution in [0.3, 0.4) is 0 Å². The van der Waals surface area contributed by atoms with Gasteiger partial charge in [0.2, 0.25) is 5.91 Å². The molecule has 1 amide bonds. The first-order valence-electron chi connectivity index (χ1n) is 5.47. The Morgan fingerprint density at radius 1 is 1.53 bits per heavy atom. The van der Waals surface area contributed by atoms with Gasteiger partial charge in [-0.15, -0.1) is 12.4 Å². The fourth-order valence-electron chi connectivity index (χ4n) is 1.86. The number of amides is 1. The van der Waals surface area contributed by atoms with E-state index in [9.17, 15) is 4.79 Å². The smallest absolute Gasteiger partial charge is 0.241 e. The van der Waals surface area contributed by atoms with E-state index in [0.29, 0.717) is 5.02 Å². The highest BCUT2D eigenvalue weighted by Gasteiger charge is 2.22. The van der Waals surface area contributed by atoms with Crippen molar-refractivity contribution in [2.75, 3.05) is 11.9 Å². The maximum Gasteiger partial charge on any atom is 0.241 e. The summed E-state index contributed by atoms with van der Waals surface area (Å²) in [5.41, 5.74) is 1.82. The van der Waals surface area contributed by atoms with Crippen LogP contribution in [0.4, 0.5) is 5.69 Å². The lowest BCUT2D eigenvalue weighted by molar-refractivity contribution is -0.117. The van der Waals surface area contributed by atoms with Crippen LogP contribution in [0.1, 0.15) is 18.4 Å². The van der Waals surface area contributed by atoms with Crippen molar-refractivity contribution in [2.45, 2.75) is 25.8 Å². The number of anilines is 1. The average Bonchev–Trinajstić information content (AvgIpc) is 2.76. The van der Waals surface area contributed by atoms with Crippen molar-refractivity contribution in [1.29, 1.82) is 0 Å². The largest absolute Gasteiger partial charge is 0.324 e. The minimum Gasteiger partial charge on any atom is -0.324 e. The molecule has 0 bridgehead atoms. The van der Waals surface area contributed by atoms with Crippen molar-refractivity contribution >= 4 is 35.6 Å². The van der Waals surface area contributed by atoms with Crippen molar-refractivity contribution in [3.05, 3.63) is 28.8 Å². The van der Waals surface area contributed by atoms with Crippen molar-refractivity contribution in [3.8, 4) is 0 Å². The number of hydrogen-bond donors (Lipinski definition) is 2. The second-order valence-electron chi connectivity index (χ2n) is 4.10. The summed E-state index contributed by atoms with van der Waals surface area (Å²) in [6.07, 6.45) is 1.97. The number of benzene rings is 1. The first-order chi connectivity index (χ1) is 7.66. The summed E-state index contributed by atoms with van der Waals surface area (Å²) in [7, 11) is 0. The lowest BCUT2D eigenvalue weighted by Crippen LogP contribution is -2.35. The SMILES string of the molecule is Cc1ccc(Cl)cc1NC(=O)C1CCCN1.Cl. The molecule has 0 aromatic heterocycles. The minimum atomic E-state index is -0.0571. The summed E-state index contributed by atoms with van der Waals surface area (Å²) in [5, 5.41) is 6.71. The number of carbonyl (C=O) groups is 1. The first kappa shape index (κ1) is 14.3. The second-order valence-corrected chi connectivity index (χ2v) is 4.53. The molecule has 94 valence electrons. The molecule has 1 aliphatic heterocycles. The highest BCUT2D eigenvalue weighted by Crippen LogP contribution is 2.20. The normalized spacial score (nSPS) is 18.6. The predicted octanol–water partition coefficient (Wildman–Crippen LogP) is 2.76. The number of rotatable bonds is 2. The van der Waals surface area contributed by atoms with Crippen LogP contribution in [0, 0.1) is 6.92 Å². The van der Waals surface area contributed by atoms with E-state index < -0.39 is 0 Å². The lowest BCUT2D eigenvalue weighted by Gasteiger charge is -2.13. The molecule has 3 nitrogen and oxygen atoms in total. The minimum absolute atomic E-state index is 0. The Kier molecular flexibility index (Phi) is 5.25. The molecule has 0 radical (unpaired) electrons. The van der Waals surface area contributed by atoms with Crippen LogP contribution in [-0.2, 0) is 4.79 Å². The van der Waals surface area contributed by atoms with Crippen LogP contribution >= 0.6 is 24.0 Å². The summed E-state index contributed by atoms with van der Waals surface area (Å²) < 4.78 is 0. The number of halogens is 2. The van der Waals surface area contributed by atoms with Gasteiger partial charge in [-0.05, 0) is 44.0 Å². The maximum absolute atomic E-state index is 11.9. The van der Waals surface area contributed by atoms with Gasteiger partial charge in [-0.2, -0.15) is 0 Å². The highest BCUT2D eigenvalue weighted by atomic mass is 35.5. The van der Waals surface area contributed by atoms with Gasteiger partial charge in [0, 0.05) is 10.7 Å². The third-order valence-electron chi connectivity index (χ3n) is 2.83. The average molecular weight is 275 g/mol. The fraction of sp³-hybridized carbons (Fsp3) is 0.417. The van der Waals surface area contributed by atoms with Crippen molar-refractivity contribution in [2.24, 2.45) is 0 Å². The van der Waals surface area contributed by atoms with E-state index in [-0.39, 0.29) is 24.4 Å². The van der Waals surface area contributed by atoms with Crippen LogP contribution in [-0.4, -0.2) is 18.5 Å². The summed E-state index contributed by atoms with van der Waals surface area (Å²) in [4.78, 5) is 11.9.